The molecular formula is C22H22F3N3O4S2. The number of halogens is 3. The molecule has 1 amide bonds. The molecule has 1 aliphatic heterocycles. The molecule has 1 saturated heterocycles. The molecule has 0 atom stereocenters. The van der Waals surface area contributed by atoms with Gasteiger partial charge in [-0.05, 0) is 61.7 Å². The van der Waals surface area contributed by atoms with E-state index in [1.54, 1.807) is 4.90 Å². The molecular weight excluding hydrogens is 491 g/mol. The molecule has 1 fully saturated rings. The SMILES string of the molecule is O=C(CCn1c(=O)sc2cc(S(=O)(=O)Nc3ccc(C(F)(F)F)cc3)ccc21)N1CCCCC1. The molecule has 1 aliphatic rings. The monoisotopic (exact) mass is 513 g/mol. The molecule has 0 saturated carbocycles. The number of aryl methyl sites for hydroxylation is 1. The molecule has 0 radical (unpaired) electrons. The van der Waals surface area contributed by atoms with Gasteiger partial charge in [0.05, 0.1) is 20.7 Å². The molecule has 182 valence electrons. The number of benzene rings is 2. The predicted octanol–water partition coefficient (Wildman–Crippen LogP) is 4.29. The molecule has 4 rings (SSSR count). The first-order chi connectivity index (χ1) is 16.0. The summed E-state index contributed by atoms with van der Waals surface area (Å²) in [5.41, 5.74) is -0.383. The summed E-state index contributed by atoms with van der Waals surface area (Å²) >= 11 is 0.873. The Morgan fingerprint density at radius 2 is 1.71 bits per heavy atom. The van der Waals surface area contributed by atoms with Crippen LogP contribution in [-0.4, -0.2) is 36.9 Å². The molecule has 12 heteroatoms. The first-order valence-electron chi connectivity index (χ1n) is 10.7. The van der Waals surface area contributed by atoms with Crippen molar-refractivity contribution in [1.82, 2.24) is 9.47 Å². The molecule has 1 N–H and O–H groups in total. The Hall–Kier alpha value is -2.86. The van der Waals surface area contributed by atoms with Crippen LogP contribution in [0.2, 0.25) is 0 Å². The van der Waals surface area contributed by atoms with Gasteiger partial charge in [-0.2, -0.15) is 13.2 Å². The van der Waals surface area contributed by atoms with Crippen molar-refractivity contribution in [3.05, 3.63) is 57.7 Å². The van der Waals surface area contributed by atoms with Crippen LogP contribution in [0.4, 0.5) is 18.9 Å². The van der Waals surface area contributed by atoms with Gasteiger partial charge >= 0.3 is 11.0 Å². The summed E-state index contributed by atoms with van der Waals surface area (Å²) < 4.78 is 67.8. The number of hydrogen-bond donors (Lipinski definition) is 1. The van der Waals surface area contributed by atoms with Gasteiger partial charge in [0.15, 0.2) is 0 Å². The third-order valence-electron chi connectivity index (χ3n) is 5.67. The fraction of sp³-hybridized carbons (Fsp3) is 0.364. The molecule has 0 spiro atoms. The fourth-order valence-corrected chi connectivity index (χ4v) is 5.99. The number of amides is 1. The maximum atomic E-state index is 12.7. The maximum absolute atomic E-state index is 12.7. The van der Waals surface area contributed by atoms with E-state index in [0.717, 1.165) is 68.0 Å². The first-order valence-corrected chi connectivity index (χ1v) is 13.0. The minimum Gasteiger partial charge on any atom is -0.343 e. The van der Waals surface area contributed by atoms with Crippen LogP contribution >= 0.6 is 11.3 Å². The van der Waals surface area contributed by atoms with Crippen LogP contribution in [0.15, 0.2) is 52.2 Å². The van der Waals surface area contributed by atoms with Gasteiger partial charge in [0, 0.05) is 31.7 Å². The molecule has 34 heavy (non-hydrogen) atoms. The Labute approximate surface area is 197 Å². The van der Waals surface area contributed by atoms with Crippen molar-refractivity contribution in [3.8, 4) is 0 Å². The Morgan fingerprint density at radius 1 is 1.03 bits per heavy atom. The maximum Gasteiger partial charge on any atom is 0.416 e. The van der Waals surface area contributed by atoms with Crippen molar-refractivity contribution in [2.75, 3.05) is 17.8 Å². The van der Waals surface area contributed by atoms with Gasteiger partial charge in [-0.15, -0.1) is 0 Å². The number of nitrogens with one attached hydrogen (secondary N) is 1. The number of alkyl halides is 3. The Kier molecular flexibility index (Phi) is 6.72. The van der Waals surface area contributed by atoms with E-state index in [1.807, 2.05) is 0 Å². The summed E-state index contributed by atoms with van der Waals surface area (Å²) in [6.07, 6.45) is -1.28. The number of carbonyl (C=O) groups is 1. The van der Waals surface area contributed by atoms with Crippen molar-refractivity contribution in [2.24, 2.45) is 0 Å². The van der Waals surface area contributed by atoms with E-state index in [-0.39, 0.29) is 34.3 Å². The molecule has 0 bridgehead atoms. The minimum absolute atomic E-state index is 0.00844. The minimum atomic E-state index is -4.52. The Bertz CT molecular complexity index is 1360. The second-order valence-corrected chi connectivity index (χ2v) is 10.7. The number of fused-ring (bicyclic) bond motifs is 1. The average Bonchev–Trinajstić information content (AvgIpc) is 3.11. The number of carbonyl (C=O) groups excluding carboxylic acids is 1. The number of anilines is 1. The van der Waals surface area contributed by atoms with E-state index in [4.69, 9.17) is 0 Å². The quantitative estimate of drug-likeness (QED) is 0.533. The van der Waals surface area contributed by atoms with Crippen LogP contribution in [0, 0.1) is 0 Å². The zero-order chi connectivity index (χ0) is 24.5. The second-order valence-electron chi connectivity index (χ2n) is 8.02. The second kappa shape index (κ2) is 9.41. The topological polar surface area (TPSA) is 88.5 Å². The number of hydrogen-bond acceptors (Lipinski definition) is 5. The first kappa shape index (κ1) is 24.3. The van der Waals surface area contributed by atoms with E-state index < -0.39 is 21.8 Å². The zero-order valence-corrected chi connectivity index (χ0v) is 19.6. The van der Waals surface area contributed by atoms with E-state index >= 15 is 0 Å². The highest BCUT2D eigenvalue weighted by atomic mass is 32.2. The van der Waals surface area contributed by atoms with E-state index in [0.29, 0.717) is 10.2 Å². The van der Waals surface area contributed by atoms with Gasteiger partial charge in [-0.1, -0.05) is 11.3 Å². The van der Waals surface area contributed by atoms with Crippen molar-refractivity contribution >= 4 is 43.2 Å². The summed E-state index contributed by atoms with van der Waals surface area (Å²) in [4.78, 5) is 26.3. The lowest BCUT2D eigenvalue weighted by atomic mass is 10.1. The van der Waals surface area contributed by atoms with Crippen LogP contribution in [0.25, 0.3) is 10.2 Å². The highest BCUT2D eigenvalue weighted by Gasteiger charge is 2.30. The summed E-state index contributed by atoms with van der Waals surface area (Å²) in [7, 11) is -4.09. The lowest BCUT2D eigenvalue weighted by molar-refractivity contribution is -0.137. The summed E-state index contributed by atoms with van der Waals surface area (Å²) in [5.74, 6) is -0.00844. The normalized spacial score (nSPS) is 15.0. The highest BCUT2D eigenvalue weighted by Crippen LogP contribution is 2.30. The largest absolute Gasteiger partial charge is 0.416 e. The number of piperidine rings is 1. The molecule has 2 aromatic carbocycles. The Morgan fingerprint density at radius 3 is 2.35 bits per heavy atom. The van der Waals surface area contributed by atoms with Crippen molar-refractivity contribution in [3.63, 3.8) is 0 Å². The molecule has 3 aromatic rings. The van der Waals surface area contributed by atoms with E-state index in [2.05, 4.69) is 4.72 Å². The van der Waals surface area contributed by atoms with Crippen LogP contribution in [-0.2, 0) is 27.5 Å². The lowest BCUT2D eigenvalue weighted by Gasteiger charge is -2.26. The predicted molar refractivity (Wildman–Crippen MR) is 123 cm³/mol. The van der Waals surface area contributed by atoms with Crippen LogP contribution in [0.5, 0.6) is 0 Å². The molecule has 2 heterocycles. The number of thiazole rings is 1. The molecule has 0 aliphatic carbocycles. The number of nitrogens with zero attached hydrogens (tertiary/aromatic N) is 2. The smallest absolute Gasteiger partial charge is 0.343 e. The third-order valence-corrected chi connectivity index (χ3v) is 7.99. The molecule has 0 unspecified atom stereocenters. The number of rotatable bonds is 6. The van der Waals surface area contributed by atoms with Crippen molar-refractivity contribution in [1.29, 1.82) is 0 Å². The van der Waals surface area contributed by atoms with Gasteiger partial charge in [-0.25, -0.2) is 8.42 Å². The zero-order valence-electron chi connectivity index (χ0n) is 18.0. The number of likely N-dealkylation sites (tertiary alicyclic amines) is 1. The van der Waals surface area contributed by atoms with Gasteiger partial charge in [0.25, 0.3) is 10.0 Å². The van der Waals surface area contributed by atoms with Gasteiger partial charge in [0.2, 0.25) is 5.91 Å². The molecule has 1 aromatic heterocycles. The number of sulfonamides is 1. The van der Waals surface area contributed by atoms with Crippen LogP contribution in [0.3, 0.4) is 0 Å². The summed E-state index contributed by atoms with van der Waals surface area (Å²) in [5, 5.41) is 0. The van der Waals surface area contributed by atoms with Gasteiger partial charge in [-0.3, -0.25) is 18.9 Å². The molecule has 7 nitrogen and oxygen atoms in total. The van der Waals surface area contributed by atoms with Gasteiger partial charge in [0.1, 0.15) is 0 Å². The van der Waals surface area contributed by atoms with Crippen LogP contribution < -0.4 is 9.60 Å². The lowest BCUT2D eigenvalue weighted by Crippen LogP contribution is -2.36. The summed E-state index contributed by atoms with van der Waals surface area (Å²) in [6.45, 7) is 1.65. The van der Waals surface area contributed by atoms with Crippen molar-refractivity contribution < 1.29 is 26.4 Å². The van der Waals surface area contributed by atoms with Crippen LogP contribution in [0.1, 0.15) is 31.2 Å². The highest BCUT2D eigenvalue weighted by molar-refractivity contribution is 7.92. The van der Waals surface area contributed by atoms with Gasteiger partial charge < -0.3 is 4.90 Å². The third kappa shape index (κ3) is 5.27. The number of aromatic nitrogens is 1. The van der Waals surface area contributed by atoms with Crippen molar-refractivity contribution in [2.45, 2.75) is 43.3 Å². The van der Waals surface area contributed by atoms with E-state index in [9.17, 15) is 31.2 Å². The fourth-order valence-electron chi connectivity index (χ4n) is 3.88. The summed E-state index contributed by atoms with van der Waals surface area (Å²) in [6, 6.07) is 7.82. The average molecular weight is 514 g/mol. The Balaban J connectivity index is 1.51. The standard InChI is InChI=1S/C22H22F3N3O4S2/c23-22(24,25)15-4-6-16(7-5-15)26-34(31,32)17-8-9-18-19(14-17)33-21(30)28(18)13-10-20(29)27-11-2-1-3-12-27/h4-9,14,26H,1-3,10-13H2. The van der Waals surface area contributed by atoms with E-state index in [1.165, 1.54) is 22.8 Å².